The zero-order valence-electron chi connectivity index (χ0n) is 14.7. The van der Waals surface area contributed by atoms with Crippen molar-refractivity contribution in [1.82, 2.24) is 0 Å². The van der Waals surface area contributed by atoms with Gasteiger partial charge >= 0.3 is 5.97 Å². The minimum atomic E-state index is -0.736. The predicted octanol–water partition coefficient (Wildman–Crippen LogP) is 4.70. The molecule has 2 atom stereocenters. The molecule has 0 fully saturated rings. The van der Waals surface area contributed by atoms with E-state index in [2.05, 4.69) is 0 Å². The van der Waals surface area contributed by atoms with Crippen molar-refractivity contribution in [3.63, 3.8) is 0 Å². The molecule has 0 radical (unpaired) electrons. The van der Waals surface area contributed by atoms with Gasteiger partial charge in [-0.1, -0.05) is 36.4 Å². The van der Waals surface area contributed by atoms with Crippen LogP contribution in [-0.4, -0.2) is 18.2 Å². The van der Waals surface area contributed by atoms with Crippen molar-refractivity contribution >= 4 is 12.0 Å². The Hall–Kier alpha value is -2.75. The average molecular weight is 338 g/mol. The lowest BCUT2D eigenvalue weighted by Gasteiger charge is -2.27. The SMILES string of the molecule is CCOC(=O)C1=C(C)O[C@@](C)(/C=C/c2ccccc2)[C@@H]1c1ccco1. The number of esters is 1. The van der Waals surface area contributed by atoms with Crippen molar-refractivity contribution in [3.05, 3.63) is 77.5 Å². The predicted molar refractivity (Wildman–Crippen MR) is 95.7 cm³/mol. The molecule has 1 aromatic carbocycles. The second kappa shape index (κ2) is 7.01. The summed E-state index contributed by atoms with van der Waals surface area (Å²) in [5.41, 5.74) is 0.838. The molecule has 4 heteroatoms. The van der Waals surface area contributed by atoms with Crippen LogP contribution in [-0.2, 0) is 14.3 Å². The number of rotatable bonds is 5. The molecule has 0 unspecified atom stereocenters. The zero-order valence-corrected chi connectivity index (χ0v) is 14.7. The maximum Gasteiger partial charge on any atom is 0.338 e. The highest BCUT2D eigenvalue weighted by Crippen LogP contribution is 2.47. The van der Waals surface area contributed by atoms with Gasteiger partial charge in [0.1, 0.15) is 17.1 Å². The molecule has 0 amide bonds. The second-order valence-electron chi connectivity index (χ2n) is 6.17. The number of allylic oxidation sites excluding steroid dienone is 1. The first kappa shape index (κ1) is 17.1. The number of ether oxygens (including phenoxy) is 2. The van der Waals surface area contributed by atoms with E-state index in [1.54, 1.807) is 20.1 Å². The van der Waals surface area contributed by atoms with Crippen molar-refractivity contribution in [2.45, 2.75) is 32.3 Å². The Morgan fingerprint density at radius 2 is 2.00 bits per heavy atom. The summed E-state index contributed by atoms with van der Waals surface area (Å²) in [6, 6.07) is 13.6. The van der Waals surface area contributed by atoms with Gasteiger partial charge in [-0.3, -0.25) is 0 Å². The third-order valence-electron chi connectivity index (χ3n) is 4.34. The van der Waals surface area contributed by atoms with Crippen LogP contribution in [0.2, 0.25) is 0 Å². The van der Waals surface area contributed by atoms with Gasteiger partial charge in [-0.2, -0.15) is 0 Å². The van der Waals surface area contributed by atoms with Gasteiger partial charge in [0.15, 0.2) is 0 Å². The minimum Gasteiger partial charge on any atom is -0.486 e. The van der Waals surface area contributed by atoms with Crippen LogP contribution >= 0.6 is 0 Å². The normalized spacial score (nSPS) is 23.1. The molecule has 1 aliphatic rings. The topological polar surface area (TPSA) is 48.7 Å². The first-order valence-electron chi connectivity index (χ1n) is 8.39. The quantitative estimate of drug-likeness (QED) is 0.741. The Bertz CT molecular complexity index is 787. The molecule has 1 aromatic heterocycles. The van der Waals surface area contributed by atoms with E-state index in [-0.39, 0.29) is 11.9 Å². The van der Waals surface area contributed by atoms with E-state index in [1.165, 1.54) is 0 Å². The van der Waals surface area contributed by atoms with Gasteiger partial charge in [0.2, 0.25) is 0 Å². The first-order valence-corrected chi connectivity index (χ1v) is 8.39. The van der Waals surface area contributed by atoms with Crippen LogP contribution in [0.15, 0.2) is 70.6 Å². The number of furan rings is 1. The van der Waals surface area contributed by atoms with Gasteiger partial charge in [0, 0.05) is 0 Å². The highest BCUT2D eigenvalue weighted by molar-refractivity contribution is 5.92. The third-order valence-corrected chi connectivity index (χ3v) is 4.34. The van der Waals surface area contributed by atoms with E-state index in [4.69, 9.17) is 13.9 Å². The molecule has 2 aromatic rings. The average Bonchev–Trinajstić information content (AvgIpc) is 3.20. The van der Waals surface area contributed by atoms with Gasteiger partial charge in [-0.15, -0.1) is 0 Å². The van der Waals surface area contributed by atoms with Crippen LogP contribution in [0.5, 0.6) is 0 Å². The summed E-state index contributed by atoms with van der Waals surface area (Å²) in [6.07, 6.45) is 5.58. The number of carbonyl (C=O) groups is 1. The van der Waals surface area contributed by atoms with Crippen molar-refractivity contribution < 1.29 is 18.7 Å². The highest BCUT2D eigenvalue weighted by atomic mass is 16.5. The van der Waals surface area contributed by atoms with Gasteiger partial charge in [-0.25, -0.2) is 4.79 Å². The molecular weight excluding hydrogens is 316 g/mol. The molecule has 0 spiro atoms. The van der Waals surface area contributed by atoms with Gasteiger partial charge in [0.05, 0.1) is 24.4 Å². The Balaban J connectivity index is 1.99. The second-order valence-corrected chi connectivity index (χ2v) is 6.17. The van der Waals surface area contributed by atoms with Crippen molar-refractivity contribution in [3.8, 4) is 0 Å². The van der Waals surface area contributed by atoms with Crippen LogP contribution < -0.4 is 0 Å². The van der Waals surface area contributed by atoms with E-state index >= 15 is 0 Å². The monoisotopic (exact) mass is 338 g/mol. The largest absolute Gasteiger partial charge is 0.486 e. The summed E-state index contributed by atoms with van der Waals surface area (Å²) in [4.78, 5) is 12.5. The lowest BCUT2D eigenvalue weighted by atomic mass is 9.82. The number of benzene rings is 1. The van der Waals surface area contributed by atoms with Crippen molar-refractivity contribution in [1.29, 1.82) is 0 Å². The maximum atomic E-state index is 12.5. The molecule has 1 aliphatic heterocycles. The molecule has 3 rings (SSSR count). The van der Waals surface area contributed by atoms with Crippen molar-refractivity contribution in [2.24, 2.45) is 0 Å². The van der Waals surface area contributed by atoms with E-state index < -0.39 is 5.60 Å². The van der Waals surface area contributed by atoms with E-state index in [0.29, 0.717) is 23.7 Å². The smallest absolute Gasteiger partial charge is 0.338 e. The van der Waals surface area contributed by atoms with Gasteiger partial charge in [0.25, 0.3) is 0 Å². The molecule has 0 N–H and O–H groups in total. The molecule has 4 nitrogen and oxygen atoms in total. The summed E-state index contributed by atoms with van der Waals surface area (Å²) >= 11 is 0. The molecule has 0 saturated carbocycles. The van der Waals surface area contributed by atoms with Crippen LogP contribution in [0, 0.1) is 0 Å². The fourth-order valence-corrected chi connectivity index (χ4v) is 3.24. The van der Waals surface area contributed by atoms with E-state index in [1.807, 2.05) is 61.5 Å². The fourth-order valence-electron chi connectivity index (χ4n) is 3.24. The van der Waals surface area contributed by atoms with Crippen molar-refractivity contribution in [2.75, 3.05) is 6.61 Å². The lowest BCUT2D eigenvalue weighted by Crippen LogP contribution is -2.31. The molecular formula is C21H22O4. The molecule has 2 heterocycles. The van der Waals surface area contributed by atoms with Crippen LogP contribution in [0.1, 0.15) is 38.0 Å². The van der Waals surface area contributed by atoms with Gasteiger partial charge < -0.3 is 13.9 Å². The molecule has 0 aliphatic carbocycles. The Labute approximate surface area is 147 Å². The lowest BCUT2D eigenvalue weighted by molar-refractivity contribution is -0.138. The summed E-state index contributed by atoms with van der Waals surface area (Å²) in [5, 5.41) is 0. The number of hydrogen-bond donors (Lipinski definition) is 0. The van der Waals surface area contributed by atoms with Gasteiger partial charge in [-0.05, 0) is 44.5 Å². The summed E-state index contributed by atoms with van der Waals surface area (Å²) < 4.78 is 17.0. The zero-order chi connectivity index (χ0) is 17.9. The van der Waals surface area contributed by atoms with Crippen LogP contribution in [0.3, 0.4) is 0 Å². The van der Waals surface area contributed by atoms with Crippen LogP contribution in [0.25, 0.3) is 6.08 Å². The summed E-state index contributed by atoms with van der Waals surface area (Å²) in [7, 11) is 0. The van der Waals surface area contributed by atoms with E-state index in [9.17, 15) is 4.79 Å². The summed E-state index contributed by atoms with van der Waals surface area (Å²) in [5.74, 6) is 0.528. The minimum absolute atomic E-state index is 0.317. The molecule has 0 bridgehead atoms. The third kappa shape index (κ3) is 3.38. The maximum absolute atomic E-state index is 12.5. The summed E-state index contributed by atoms with van der Waals surface area (Å²) in [6.45, 7) is 5.86. The number of carbonyl (C=O) groups excluding carboxylic acids is 1. The Morgan fingerprint density at radius 3 is 2.64 bits per heavy atom. The van der Waals surface area contributed by atoms with Crippen LogP contribution in [0.4, 0.5) is 0 Å². The first-order chi connectivity index (χ1) is 12.0. The molecule has 25 heavy (non-hydrogen) atoms. The molecule has 0 saturated heterocycles. The standard InChI is InChI=1S/C21H22O4/c1-4-23-20(22)18-15(2)25-21(3,19(18)17-11-8-14-24-17)13-12-16-9-6-5-7-10-16/h5-14,19H,4H2,1-3H3/b13-12+/t19-,21+/m1/s1. The molecule has 130 valence electrons. The Morgan fingerprint density at radius 1 is 1.24 bits per heavy atom. The highest BCUT2D eigenvalue weighted by Gasteiger charge is 2.49. The fraction of sp³-hybridized carbons (Fsp3) is 0.286. The number of hydrogen-bond acceptors (Lipinski definition) is 4. The Kier molecular flexibility index (Phi) is 4.79. The van der Waals surface area contributed by atoms with E-state index in [0.717, 1.165) is 5.56 Å².